The zero-order valence-electron chi connectivity index (χ0n) is 10.8. The van der Waals surface area contributed by atoms with Gasteiger partial charge in [0.1, 0.15) is 0 Å². The van der Waals surface area contributed by atoms with E-state index in [9.17, 15) is 5.11 Å². The van der Waals surface area contributed by atoms with Gasteiger partial charge < -0.3 is 5.11 Å². The third-order valence-corrected chi connectivity index (χ3v) is 5.74. The first-order valence-electron chi connectivity index (χ1n) is 6.27. The van der Waals surface area contributed by atoms with Crippen LogP contribution in [0.25, 0.3) is 0 Å². The Morgan fingerprint density at radius 2 is 2.12 bits per heavy atom. The highest BCUT2D eigenvalue weighted by Crippen LogP contribution is 2.45. The van der Waals surface area contributed by atoms with Crippen molar-refractivity contribution >= 4 is 27.3 Å². The molecule has 0 bridgehead atoms. The van der Waals surface area contributed by atoms with Crippen LogP contribution in [-0.2, 0) is 6.42 Å². The molecule has 1 aromatic rings. The maximum atomic E-state index is 10.8. The predicted octanol–water partition coefficient (Wildman–Crippen LogP) is 4.63. The molecule has 1 nitrogen and oxygen atoms in total. The van der Waals surface area contributed by atoms with Crippen LogP contribution < -0.4 is 0 Å². The van der Waals surface area contributed by atoms with E-state index in [2.05, 4.69) is 48.8 Å². The Kier molecular flexibility index (Phi) is 3.73. The molecule has 0 aliphatic heterocycles. The van der Waals surface area contributed by atoms with Gasteiger partial charge in [-0.2, -0.15) is 0 Å². The van der Waals surface area contributed by atoms with Gasteiger partial charge in [-0.1, -0.05) is 20.8 Å². The van der Waals surface area contributed by atoms with Crippen molar-refractivity contribution in [2.45, 2.75) is 52.1 Å². The molecule has 0 radical (unpaired) electrons. The van der Waals surface area contributed by atoms with Gasteiger partial charge in [-0.25, -0.2) is 0 Å². The van der Waals surface area contributed by atoms with Crippen LogP contribution in [0.1, 0.15) is 44.9 Å². The van der Waals surface area contributed by atoms with Crippen LogP contribution in [0.2, 0.25) is 0 Å². The smallest absolute Gasteiger partial charge is 0.0721 e. The van der Waals surface area contributed by atoms with Crippen molar-refractivity contribution in [2.75, 3.05) is 0 Å². The lowest BCUT2D eigenvalue weighted by Gasteiger charge is -2.45. The number of thiophene rings is 1. The molecule has 2 atom stereocenters. The fourth-order valence-electron chi connectivity index (χ4n) is 2.93. The van der Waals surface area contributed by atoms with Gasteiger partial charge in [0.25, 0.3) is 0 Å². The lowest BCUT2D eigenvalue weighted by atomic mass is 9.64. The Morgan fingerprint density at radius 1 is 1.41 bits per heavy atom. The molecule has 1 N–H and O–H groups in total. The fraction of sp³-hybridized carbons (Fsp3) is 0.714. The molecule has 1 aliphatic rings. The summed E-state index contributed by atoms with van der Waals surface area (Å²) in [6.45, 7) is 6.82. The number of aliphatic hydroxyl groups is 1. The zero-order chi connectivity index (χ0) is 12.7. The molecule has 0 spiro atoms. The second-order valence-electron chi connectivity index (χ2n) is 6.26. The lowest BCUT2D eigenvalue weighted by molar-refractivity contribution is -0.0699. The molecule has 0 saturated heterocycles. The molecule has 1 aliphatic carbocycles. The number of hydrogen-bond donors (Lipinski definition) is 1. The van der Waals surface area contributed by atoms with Crippen molar-refractivity contribution < 1.29 is 5.11 Å². The minimum atomic E-state index is -0.500. The lowest BCUT2D eigenvalue weighted by Crippen LogP contribution is -2.45. The van der Waals surface area contributed by atoms with Gasteiger partial charge >= 0.3 is 0 Å². The molecule has 2 rings (SSSR count). The predicted molar refractivity (Wildman–Crippen MR) is 77.5 cm³/mol. The number of rotatable bonds is 2. The number of halogens is 1. The molecule has 0 amide bonds. The van der Waals surface area contributed by atoms with Crippen molar-refractivity contribution in [3.63, 3.8) is 0 Å². The molecule has 1 fully saturated rings. The molecule has 3 heteroatoms. The second kappa shape index (κ2) is 4.67. The summed E-state index contributed by atoms with van der Waals surface area (Å²) in [6.07, 6.45) is 3.98. The monoisotopic (exact) mass is 316 g/mol. The first-order chi connectivity index (χ1) is 7.81. The Bertz CT molecular complexity index is 399. The molecule has 2 unspecified atom stereocenters. The summed E-state index contributed by atoms with van der Waals surface area (Å²) in [4.78, 5) is 1.28. The molecule has 0 aromatic carbocycles. The Hall–Kier alpha value is 0.140. The average Bonchev–Trinajstić information content (AvgIpc) is 2.59. The molecule has 96 valence electrons. The van der Waals surface area contributed by atoms with E-state index in [1.807, 2.05) is 0 Å². The van der Waals surface area contributed by atoms with Crippen LogP contribution in [0.5, 0.6) is 0 Å². The van der Waals surface area contributed by atoms with Crippen LogP contribution >= 0.6 is 27.3 Å². The van der Waals surface area contributed by atoms with E-state index in [1.165, 1.54) is 4.88 Å². The quantitative estimate of drug-likeness (QED) is 0.843. The summed E-state index contributed by atoms with van der Waals surface area (Å²) in [5.41, 5.74) is -0.110. The highest BCUT2D eigenvalue weighted by molar-refractivity contribution is 9.11. The second-order valence-corrected chi connectivity index (χ2v) is 8.80. The minimum Gasteiger partial charge on any atom is -0.389 e. The highest BCUT2D eigenvalue weighted by Gasteiger charge is 2.42. The molecular weight excluding hydrogens is 296 g/mol. The van der Waals surface area contributed by atoms with Crippen LogP contribution in [0.3, 0.4) is 0 Å². The maximum absolute atomic E-state index is 10.8. The van der Waals surface area contributed by atoms with Crippen molar-refractivity contribution in [1.29, 1.82) is 0 Å². The van der Waals surface area contributed by atoms with Crippen molar-refractivity contribution in [3.8, 4) is 0 Å². The van der Waals surface area contributed by atoms with Crippen LogP contribution in [-0.4, -0.2) is 10.7 Å². The summed E-state index contributed by atoms with van der Waals surface area (Å²) < 4.78 is 1.15. The van der Waals surface area contributed by atoms with Gasteiger partial charge in [0.05, 0.1) is 9.39 Å². The first-order valence-corrected chi connectivity index (χ1v) is 7.88. The van der Waals surface area contributed by atoms with Crippen LogP contribution in [0.15, 0.2) is 15.9 Å². The van der Waals surface area contributed by atoms with Crippen LogP contribution in [0.4, 0.5) is 0 Å². The minimum absolute atomic E-state index is 0.382. The number of hydrogen-bond acceptors (Lipinski definition) is 2. The van der Waals surface area contributed by atoms with E-state index in [-0.39, 0.29) is 0 Å². The maximum Gasteiger partial charge on any atom is 0.0721 e. The van der Waals surface area contributed by atoms with E-state index < -0.39 is 5.60 Å². The Balaban J connectivity index is 2.09. The molecule has 1 aromatic heterocycles. The fourth-order valence-corrected chi connectivity index (χ4v) is 4.53. The van der Waals surface area contributed by atoms with Crippen molar-refractivity contribution in [3.05, 3.63) is 20.8 Å². The van der Waals surface area contributed by atoms with E-state index >= 15 is 0 Å². The molecular formula is C14H21BrOS. The molecule has 1 saturated carbocycles. The van der Waals surface area contributed by atoms with Crippen LogP contribution in [0, 0.1) is 11.3 Å². The zero-order valence-corrected chi connectivity index (χ0v) is 13.2. The third-order valence-electron chi connectivity index (χ3n) is 4.12. The summed E-state index contributed by atoms with van der Waals surface area (Å²) in [5, 5.41) is 10.8. The van der Waals surface area contributed by atoms with Gasteiger partial charge in [-0.3, -0.25) is 0 Å². The van der Waals surface area contributed by atoms with E-state index in [0.29, 0.717) is 11.3 Å². The van der Waals surface area contributed by atoms with E-state index in [0.717, 1.165) is 29.5 Å². The van der Waals surface area contributed by atoms with Gasteiger partial charge in [0, 0.05) is 11.3 Å². The molecule has 17 heavy (non-hydrogen) atoms. The van der Waals surface area contributed by atoms with Gasteiger partial charge in [0.2, 0.25) is 0 Å². The summed E-state index contributed by atoms with van der Waals surface area (Å²) >= 11 is 5.22. The molecule has 1 heterocycles. The normalized spacial score (nSPS) is 32.6. The Labute approximate surface area is 116 Å². The summed E-state index contributed by atoms with van der Waals surface area (Å²) in [5.74, 6) is 0.382. The van der Waals surface area contributed by atoms with Crippen molar-refractivity contribution in [1.82, 2.24) is 0 Å². The summed E-state index contributed by atoms with van der Waals surface area (Å²) in [7, 11) is 0. The van der Waals surface area contributed by atoms with Gasteiger partial charge in [-0.15, -0.1) is 11.3 Å². The average molecular weight is 317 g/mol. The van der Waals surface area contributed by atoms with Gasteiger partial charge in [-0.05, 0) is 58.7 Å². The largest absolute Gasteiger partial charge is 0.389 e. The highest BCUT2D eigenvalue weighted by atomic mass is 79.9. The first kappa shape index (κ1) is 13.6. The van der Waals surface area contributed by atoms with E-state index in [4.69, 9.17) is 0 Å². The standard InChI is InChI=1S/C14H21BrOS/c1-10-8-13(2,3)6-7-14(10,16)9-11-4-5-12(15)17-11/h4-5,10,16H,6-9H2,1-3H3. The Morgan fingerprint density at radius 3 is 2.65 bits per heavy atom. The SMILES string of the molecule is CC1CC(C)(C)CCC1(O)Cc1ccc(Br)s1. The third kappa shape index (κ3) is 3.12. The summed E-state index contributed by atoms with van der Waals surface area (Å²) in [6, 6.07) is 4.19. The van der Waals surface area contributed by atoms with Crippen molar-refractivity contribution in [2.24, 2.45) is 11.3 Å². The van der Waals surface area contributed by atoms with E-state index in [1.54, 1.807) is 11.3 Å². The van der Waals surface area contributed by atoms with Gasteiger partial charge in [0.15, 0.2) is 0 Å². The topological polar surface area (TPSA) is 20.2 Å².